The van der Waals surface area contributed by atoms with Crippen LogP contribution in [0.3, 0.4) is 0 Å². The fraction of sp³-hybridized carbons (Fsp3) is 0.100. The van der Waals surface area contributed by atoms with Crippen LogP contribution in [0.1, 0.15) is 5.56 Å². The molecule has 66 valence electrons. The van der Waals surface area contributed by atoms with Gasteiger partial charge in [0.05, 0.1) is 10.5 Å². The molecule has 0 saturated heterocycles. The fourth-order valence-corrected chi connectivity index (χ4v) is 1.51. The zero-order chi connectivity index (χ0) is 9.42. The Morgan fingerprint density at radius 2 is 2.15 bits per heavy atom. The molecule has 1 heterocycles. The largest absolute Gasteiger partial charge is 0.383 e. The molecule has 0 fully saturated rings. The Balaban J connectivity index is 2.89. The average Bonchev–Trinajstić information content (AvgIpc) is 2.09. The van der Waals surface area contributed by atoms with Crippen LogP contribution < -0.4 is 5.73 Å². The van der Waals surface area contributed by atoms with Crippen LogP contribution in [-0.2, 0) is 0 Å². The topological polar surface area (TPSA) is 38.9 Å². The van der Waals surface area contributed by atoms with E-state index in [1.807, 2.05) is 31.2 Å². The molecule has 2 N–H and O–H groups in total. The van der Waals surface area contributed by atoms with Crippen molar-refractivity contribution in [2.24, 2.45) is 0 Å². The summed E-state index contributed by atoms with van der Waals surface area (Å²) in [5.41, 5.74) is 7.44. The van der Waals surface area contributed by atoms with Crippen molar-refractivity contribution in [3.05, 3.63) is 34.9 Å². The first kappa shape index (κ1) is 8.32. The molecular formula is C10H9ClN2. The van der Waals surface area contributed by atoms with Crippen molar-refractivity contribution in [2.75, 3.05) is 5.73 Å². The lowest BCUT2D eigenvalue weighted by atomic mass is 10.1. The lowest BCUT2D eigenvalue weighted by Crippen LogP contribution is -1.94. The van der Waals surface area contributed by atoms with Crippen molar-refractivity contribution in [1.29, 1.82) is 0 Å². The third-order valence-electron chi connectivity index (χ3n) is 2.03. The first-order chi connectivity index (χ1) is 6.18. The molecule has 0 unspecified atom stereocenters. The molecule has 0 aliphatic rings. The van der Waals surface area contributed by atoms with Crippen molar-refractivity contribution in [1.82, 2.24) is 4.98 Å². The van der Waals surface area contributed by atoms with Gasteiger partial charge in [-0.3, -0.25) is 0 Å². The lowest BCUT2D eigenvalue weighted by molar-refractivity contribution is 1.34. The normalized spacial score (nSPS) is 10.6. The van der Waals surface area contributed by atoms with Crippen LogP contribution in [0.2, 0.25) is 5.02 Å². The molecule has 2 nitrogen and oxygen atoms in total. The Morgan fingerprint density at radius 3 is 2.92 bits per heavy atom. The molecule has 0 radical (unpaired) electrons. The van der Waals surface area contributed by atoms with Gasteiger partial charge in [0.1, 0.15) is 5.82 Å². The second-order valence-corrected chi connectivity index (χ2v) is 3.41. The van der Waals surface area contributed by atoms with Crippen molar-refractivity contribution in [3.63, 3.8) is 0 Å². The maximum Gasteiger partial charge on any atom is 0.127 e. The standard InChI is InChI=1S/C10H9ClN2/c1-6-5-7-3-2-4-8(11)9(7)13-10(6)12/h2-5H,1H3,(H2,12,13). The van der Waals surface area contributed by atoms with E-state index in [0.717, 1.165) is 16.5 Å². The van der Waals surface area contributed by atoms with E-state index < -0.39 is 0 Å². The Morgan fingerprint density at radius 1 is 1.38 bits per heavy atom. The smallest absolute Gasteiger partial charge is 0.127 e. The molecule has 0 spiro atoms. The summed E-state index contributed by atoms with van der Waals surface area (Å²) in [7, 11) is 0. The van der Waals surface area contributed by atoms with Crippen LogP contribution in [0, 0.1) is 6.92 Å². The van der Waals surface area contributed by atoms with Gasteiger partial charge in [-0.05, 0) is 24.6 Å². The van der Waals surface area contributed by atoms with Gasteiger partial charge in [-0.1, -0.05) is 23.7 Å². The second kappa shape index (κ2) is 2.89. The number of aryl methyl sites for hydroxylation is 1. The predicted octanol–water partition coefficient (Wildman–Crippen LogP) is 2.78. The molecule has 1 aromatic heterocycles. The van der Waals surface area contributed by atoms with Gasteiger partial charge in [0.15, 0.2) is 0 Å². The number of nitrogen functional groups attached to an aromatic ring is 1. The molecular weight excluding hydrogens is 184 g/mol. The number of rotatable bonds is 0. The monoisotopic (exact) mass is 192 g/mol. The molecule has 0 bridgehead atoms. The van der Waals surface area contributed by atoms with Crippen molar-refractivity contribution >= 4 is 28.3 Å². The van der Waals surface area contributed by atoms with Crippen LogP contribution in [-0.4, -0.2) is 4.98 Å². The third kappa shape index (κ3) is 1.33. The van der Waals surface area contributed by atoms with Gasteiger partial charge < -0.3 is 5.73 Å². The SMILES string of the molecule is Cc1cc2cccc(Cl)c2nc1N. The minimum absolute atomic E-state index is 0.542. The molecule has 3 heteroatoms. The summed E-state index contributed by atoms with van der Waals surface area (Å²) in [5, 5.41) is 1.67. The molecule has 0 aliphatic heterocycles. The predicted molar refractivity (Wildman–Crippen MR) is 55.9 cm³/mol. The van der Waals surface area contributed by atoms with E-state index in [9.17, 15) is 0 Å². The van der Waals surface area contributed by atoms with Gasteiger partial charge in [0, 0.05) is 5.39 Å². The molecule has 1 aromatic carbocycles. The van der Waals surface area contributed by atoms with Gasteiger partial charge in [-0.25, -0.2) is 4.98 Å². The number of hydrogen-bond donors (Lipinski definition) is 1. The molecule has 0 atom stereocenters. The van der Waals surface area contributed by atoms with Gasteiger partial charge in [-0.15, -0.1) is 0 Å². The van der Waals surface area contributed by atoms with E-state index in [0.29, 0.717) is 10.8 Å². The number of nitrogens with two attached hydrogens (primary N) is 1. The number of nitrogens with zero attached hydrogens (tertiary/aromatic N) is 1. The third-order valence-corrected chi connectivity index (χ3v) is 2.33. The van der Waals surface area contributed by atoms with Crippen LogP contribution >= 0.6 is 11.6 Å². The zero-order valence-electron chi connectivity index (χ0n) is 7.21. The number of benzene rings is 1. The molecule has 0 saturated carbocycles. The second-order valence-electron chi connectivity index (χ2n) is 3.00. The van der Waals surface area contributed by atoms with Gasteiger partial charge in [0.25, 0.3) is 0 Å². The highest BCUT2D eigenvalue weighted by Gasteiger charge is 2.02. The van der Waals surface area contributed by atoms with E-state index in [2.05, 4.69) is 4.98 Å². The molecule has 2 aromatic rings. The van der Waals surface area contributed by atoms with Crippen LogP contribution in [0.4, 0.5) is 5.82 Å². The van der Waals surface area contributed by atoms with Crippen molar-refractivity contribution in [2.45, 2.75) is 6.92 Å². The summed E-state index contributed by atoms with van der Waals surface area (Å²) in [5.74, 6) is 0.542. The number of pyridine rings is 1. The van der Waals surface area contributed by atoms with Gasteiger partial charge >= 0.3 is 0 Å². The number of anilines is 1. The Kier molecular flexibility index (Phi) is 1.85. The molecule has 2 rings (SSSR count). The lowest BCUT2D eigenvalue weighted by Gasteiger charge is -2.03. The van der Waals surface area contributed by atoms with Crippen molar-refractivity contribution < 1.29 is 0 Å². The quantitative estimate of drug-likeness (QED) is 0.697. The number of para-hydroxylation sites is 1. The van der Waals surface area contributed by atoms with Crippen LogP contribution in [0.15, 0.2) is 24.3 Å². The van der Waals surface area contributed by atoms with E-state index in [1.165, 1.54) is 0 Å². The number of aromatic nitrogens is 1. The summed E-state index contributed by atoms with van der Waals surface area (Å²) in [6.45, 7) is 1.93. The van der Waals surface area contributed by atoms with Crippen LogP contribution in [0.25, 0.3) is 10.9 Å². The maximum absolute atomic E-state index is 5.96. The minimum Gasteiger partial charge on any atom is -0.383 e. The van der Waals surface area contributed by atoms with E-state index in [4.69, 9.17) is 17.3 Å². The Hall–Kier alpha value is -1.28. The van der Waals surface area contributed by atoms with Crippen LogP contribution in [0.5, 0.6) is 0 Å². The Labute approximate surface area is 81.3 Å². The van der Waals surface area contributed by atoms with Gasteiger partial charge in [-0.2, -0.15) is 0 Å². The molecule has 0 amide bonds. The van der Waals surface area contributed by atoms with E-state index in [1.54, 1.807) is 0 Å². The first-order valence-electron chi connectivity index (χ1n) is 4.00. The zero-order valence-corrected chi connectivity index (χ0v) is 7.97. The molecule has 13 heavy (non-hydrogen) atoms. The summed E-state index contributed by atoms with van der Waals surface area (Å²) >= 11 is 5.96. The van der Waals surface area contributed by atoms with Gasteiger partial charge in [0.2, 0.25) is 0 Å². The fourth-order valence-electron chi connectivity index (χ4n) is 1.28. The minimum atomic E-state index is 0.542. The van der Waals surface area contributed by atoms with Crippen molar-refractivity contribution in [3.8, 4) is 0 Å². The summed E-state index contributed by atoms with van der Waals surface area (Å²) in [6, 6.07) is 7.68. The first-order valence-corrected chi connectivity index (χ1v) is 4.37. The Bertz CT molecular complexity index is 466. The summed E-state index contributed by atoms with van der Waals surface area (Å²) < 4.78 is 0. The van der Waals surface area contributed by atoms with E-state index in [-0.39, 0.29) is 0 Å². The highest BCUT2D eigenvalue weighted by atomic mass is 35.5. The number of halogens is 1. The average molecular weight is 193 g/mol. The number of hydrogen-bond acceptors (Lipinski definition) is 2. The summed E-state index contributed by atoms with van der Waals surface area (Å²) in [6.07, 6.45) is 0. The molecule has 0 aliphatic carbocycles. The maximum atomic E-state index is 5.96. The highest BCUT2D eigenvalue weighted by Crippen LogP contribution is 2.23. The highest BCUT2D eigenvalue weighted by molar-refractivity contribution is 6.35. The van der Waals surface area contributed by atoms with E-state index >= 15 is 0 Å². The number of fused-ring (bicyclic) bond motifs is 1. The summed E-state index contributed by atoms with van der Waals surface area (Å²) in [4.78, 5) is 4.22.